The molecule has 0 atom stereocenters. The van der Waals surface area contributed by atoms with Crippen molar-refractivity contribution in [3.63, 3.8) is 0 Å². The van der Waals surface area contributed by atoms with E-state index in [1.165, 1.54) is 6.07 Å². The summed E-state index contributed by atoms with van der Waals surface area (Å²) < 4.78 is 0. The second-order valence-electron chi connectivity index (χ2n) is 3.63. The highest BCUT2D eigenvalue weighted by molar-refractivity contribution is 5.71. The topological polar surface area (TPSA) is 72.4 Å². The van der Waals surface area contributed by atoms with Gasteiger partial charge in [-0.25, -0.2) is 0 Å². The molecule has 0 aliphatic rings. The van der Waals surface area contributed by atoms with Gasteiger partial charge in [0.1, 0.15) is 5.69 Å². The average Bonchev–Trinajstić information content (AvgIpc) is 2.24. The summed E-state index contributed by atoms with van der Waals surface area (Å²) in [5, 5.41) is 11.0. The van der Waals surface area contributed by atoms with Crippen molar-refractivity contribution in [2.45, 2.75) is 20.8 Å². The number of hydrogen-bond donors (Lipinski definition) is 1. The number of nitro groups is 1. The molecule has 0 amide bonds. The maximum Gasteiger partial charge on any atom is 0.292 e. The first-order chi connectivity index (χ1) is 7.51. The fraction of sp³-hybridized carbons (Fsp3) is 0.455. The fourth-order valence-corrected chi connectivity index (χ4v) is 1.66. The average molecular weight is 223 g/mol. The maximum atomic E-state index is 11.0. The number of aryl methyl sites for hydroxylation is 1. The monoisotopic (exact) mass is 223 g/mol. The molecular formula is C11H17N3O2. The summed E-state index contributed by atoms with van der Waals surface area (Å²) in [7, 11) is 0. The van der Waals surface area contributed by atoms with E-state index in [1.54, 1.807) is 13.0 Å². The van der Waals surface area contributed by atoms with Gasteiger partial charge in [0.25, 0.3) is 5.69 Å². The molecule has 5 heteroatoms. The van der Waals surface area contributed by atoms with E-state index in [9.17, 15) is 10.1 Å². The van der Waals surface area contributed by atoms with E-state index in [-0.39, 0.29) is 10.6 Å². The van der Waals surface area contributed by atoms with Crippen molar-refractivity contribution >= 4 is 17.1 Å². The van der Waals surface area contributed by atoms with E-state index < -0.39 is 0 Å². The molecule has 0 saturated carbocycles. The van der Waals surface area contributed by atoms with Gasteiger partial charge in [-0.15, -0.1) is 0 Å². The van der Waals surface area contributed by atoms with Crippen molar-refractivity contribution in [2.75, 3.05) is 23.7 Å². The molecule has 2 N–H and O–H groups in total. The normalized spacial score (nSPS) is 10.2. The van der Waals surface area contributed by atoms with E-state index >= 15 is 0 Å². The first-order valence-corrected chi connectivity index (χ1v) is 5.30. The van der Waals surface area contributed by atoms with Gasteiger partial charge in [-0.05, 0) is 32.4 Å². The van der Waals surface area contributed by atoms with Crippen LogP contribution in [0.2, 0.25) is 0 Å². The third-order valence-electron chi connectivity index (χ3n) is 2.66. The van der Waals surface area contributed by atoms with Gasteiger partial charge in [0.2, 0.25) is 0 Å². The molecule has 1 rings (SSSR count). The highest BCUT2D eigenvalue weighted by Crippen LogP contribution is 2.32. The number of rotatable bonds is 4. The number of nitrogens with zero attached hydrogens (tertiary/aromatic N) is 2. The Hall–Kier alpha value is -1.78. The number of hydrogen-bond acceptors (Lipinski definition) is 4. The molecule has 0 aromatic heterocycles. The van der Waals surface area contributed by atoms with E-state index in [4.69, 9.17) is 5.73 Å². The molecule has 0 bridgehead atoms. The Balaban J connectivity index is 3.34. The molecule has 0 fully saturated rings. The largest absolute Gasteiger partial charge is 0.398 e. The van der Waals surface area contributed by atoms with Gasteiger partial charge in [0.15, 0.2) is 0 Å². The highest BCUT2D eigenvalue weighted by atomic mass is 16.6. The summed E-state index contributed by atoms with van der Waals surface area (Å²) in [4.78, 5) is 12.5. The van der Waals surface area contributed by atoms with Crippen molar-refractivity contribution in [3.05, 3.63) is 27.8 Å². The zero-order chi connectivity index (χ0) is 12.3. The van der Waals surface area contributed by atoms with Crippen LogP contribution in [0.4, 0.5) is 17.1 Å². The molecular weight excluding hydrogens is 206 g/mol. The van der Waals surface area contributed by atoms with Gasteiger partial charge in [-0.1, -0.05) is 0 Å². The van der Waals surface area contributed by atoms with Gasteiger partial charge < -0.3 is 10.6 Å². The SMILES string of the molecule is CCN(CC)c1cc(N)c(C)cc1[N+](=O)[O-]. The number of nitro benzene ring substituents is 1. The Morgan fingerprint density at radius 1 is 1.38 bits per heavy atom. The van der Waals surface area contributed by atoms with Crippen LogP contribution in [0, 0.1) is 17.0 Å². The first-order valence-electron chi connectivity index (χ1n) is 5.30. The van der Waals surface area contributed by atoms with Gasteiger partial charge in [-0.3, -0.25) is 10.1 Å². The zero-order valence-corrected chi connectivity index (χ0v) is 9.86. The Kier molecular flexibility index (Phi) is 3.71. The molecule has 0 radical (unpaired) electrons. The lowest BCUT2D eigenvalue weighted by atomic mass is 10.1. The summed E-state index contributed by atoms with van der Waals surface area (Å²) in [5.74, 6) is 0. The van der Waals surface area contributed by atoms with Crippen LogP contribution >= 0.6 is 0 Å². The quantitative estimate of drug-likeness (QED) is 0.483. The van der Waals surface area contributed by atoms with Crippen LogP contribution in [0.3, 0.4) is 0 Å². The molecule has 0 aliphatic heterocycles. The fourth-order valence-electron chi connectivity index (χ4n) is 1.66. The Morgan fingerprint density at radius 2 is 1.94 bits per heavy atom. The minimum Gasteiger partial charge on any atom is -0.398 e. The van der Waals surface area contributed by atoms with Crippen LogP contribution in [0.25, 0.3) is 0 Å². The van der Waals surface area contributed by atoms with Crippen molar-refractivity contribution < 1.29 is 4.92 Å². The van der Waals surface area contributed by atoms with Crippen LogP contribution in [0.1, 0.15) is 19.4 Å². The van der Waals surface area contributed by atoms with Gasteiger partial charge in [-0.2, -0.15) is 0 Å². The Labute approximate surface area is 95.0 Å². The smallest absolute Gasteiger partial charge is 0.292 e. The molecule has 16 heavy (non-hydrogen) atoms. The molecule has 5 nitrogen and oxygen atoms in total. The van der Waals surface area contributed by atoms with Crippen molar-refractivity contribution in [1.29, 1.82) is 0 Å². The maximum absolute atomic E-state index is 11.0. The van der Waals surface area contributed by atoms with E-state index in [0.717, 1.165) is 18.7 Å². The molecule has 1 aromatic rings. The van der Waals surface area contributed by atoms with E-state index in [2.05, 4.69) is 0 Å². The van der Waals surface area contributed by atoms with E-state index in [1.807, 2.05) is 18.7 Å². The first kappa shape index (κ1) is 12.3. The van der Waals surface area contributed by atoms with Crippen molar-refractivity contribution in [2.24, 2.45) is 0 Å². The molecule has 88 valence electrons. The van der Waals surface area contributed by atoms with Crippen LogP contribution in [0.5, 0.6) is 0 Å². The van der Waals surface area contributed by atoms with Crippen LogP contribution in [-0.4, -0.2) is 18.0 Å². The second kappa shape index (κ2) is 4.83. The minimum absolute atomic E-state index is 0.121. The summed E-state index contributed by atoms with van der Waals surface area (Å²) >= 11 is 0. The lowest BCUT2D eigenvalue weighted by Crippen LogP contribution is -2.23. The van der Waals surface area contributed by atoms with Gasteiger partial charge in [0.05, 0.1) is 4.92 Å². The molecule has 0 spiro atoms. The number of nitrogens with two attached hydrogens (primary N) is 1. The molecule has 0 heterocycles. The van der Waals surface area contributed by atoms with E-state index in [0.29, 0.717) is 11.4 Å². The number of anilines is 2. The third-order valence-corrected chi connectivity index (χ3v) is 2.66. The molecule has 0 saturated heterocycles. The summed E-state index contributed by atoms with van der Waals surface area (Å²) in [6.45, 7) is 7.14. The highest BCUT2D eigenvalue weighted by Gasteiger charge is 2.19. The van der Waals surface area contributed by atoms with Gasteiger partial charge in [0, 0.05) is 24.8 Å². The Bertz CT molecular complexity index is 400. The molecule has 0 unspecified atom stereocenters. The lowest BCUT2D eigenvalue weighted by Gasteiger charge is -2.21. The molecule has 0 aliphatic carbocycles. The van der Waals surface area contributed by atoms with Crippen molar-refractivity contribution in [1.82, 2.24) is 0 Å². The predicted octanol–water partition coefficient (Wildman–Crippen LogP) is 2.33. The Morgan fingerprint density at radius 3 is 2.38 bits per heavy atom. The second-order valence-corrected chi connectivity index (χ2v) is 3.63. The van der Waals surface area contributed by atoms with Crippen LogP contribution in [0.15, 0.2) is 12.1 Å². The zero-order valence-electron chi connectivity index (χ0n) is 9.86. The van der Waals surface area contributed by atoms with Crippen LogP contribution < -0.4 is 10.6 Å². The summed E-state index contributed by atoms with van der Waals surface area (Å²) in [6.07, 6.45) is 0. The van der Waals surface area contributed by atoms with Crippen LogP contribution in [-0.2, 0) is 0 Å². The minimum atomic E-state index is -0.361. The predicted molar refractivity (Wildman–Crippen MR) is 65.8 cm³/mol. The molecule has 1 aromatic carbocycles. The summed E-state index contributed by atoms with van der Waals surface area (Å²) in [6, 6.07) is 3.21. The third kappa shape index (κ3) is 2.24. The number of benzene rings is 1. The van der Waals surface area contributed by atoms with Crippen molar-refractivity contribution in [3.8, 4) is 0 Å². The van der Waals surface area contributed by atoms with Gasteiger partial charge >= 0.3 is 0 Å². The summed E-state index contributed by atoms with van der Waals surface area (Å²) in [5.41, 5.74) is 7.83. The standard InChI is InChI=1S/C11H17N3O2/c1-4-13(5-2)10-7-9(12)8(3)6-11(10)14(15)16/h6-7H,4-5,12H2,1-3H3. The lowest BCUT2D eigenvalue weighted by molar-refractivity contribution is -0.384. The number of nitrogen functional groups attached to an aromatic ring is 1.